The number of halogens is 1. The number of hydrogen-bond donors (Lipinski definition) is 1. The summed E-state index contributed by atoms with van der Waals surface area (Å²) < 4.78 is 1.12. The van der Waals surface area contributed by atoms with Crippen molar-refractivity contribution in [2.45, 2.75) is 44.7 Å². The van der Waals surface area contributed by atoms with Crippen LogP contribution in [0.2, 0.25) is 0 Å². The maximum Gasteiger partial charge on any atom is 0.0352 e. The monoisotopic (exact) mass is 312 g/mol. The first-order valence-corrected chi connectivity index (χ1v) is 7.43. The third kappa shape index (κ3) is 3.34. The van der Waals surface area contributed by atoms with E-state index in [-0.39, 0.29) is 11.6 Å². The maximum absolute atomic E-state index is 6.50. The lowest BCUT2D eigenvalue weighted by molar-refractivity contribution is 0.105. The Morgan fingerprint density at radius 2 is 1.89 bits per heavy atom. The Kier molecular flexibility index (Phi) is 5.83. The molecule has 0 saturated heterocycles. The predicted molar refractivity (Wildman–Crippen MR) is 82.8 cm³/mol. The summed E-state index contributed by atoms with van der Waals surface area (Å²) in [5.74, 6) is 0. The van der Waals surface area contributed by atoms with Crippen LogP contribution in [0.25, 0.3) is 0 Å². The lowest BCUT2D eigenvalue weighted by Crippen LogP contribution is -2.57. The Bertz CT molecular complexity index is 373. The summed E-state index contributed by atoms with van der Waals surface area (Å²) in [5.41, 5.74) is 7.88. The molecule has 1 atom stereocenters. The molecule has 2 N–H and O–H groups in total. The summed E-state index contributed by atoms with van der Waals surface area (Å²) >= 11 is 3.51. The summed E-state index contributed by atoms with van der Waals surface area (Å²) in [4.78, 5) is 2.29. The van der Waals surface area contributed by atoms with Gasteiger partial charge in [0.2, 0.25) is 0 Å². The minimum atomic E-state index is 0.0856. The first kappa shape index (κ1) is 15.7. The average molecular weight is 313 g/mol. The van der Waals surface area contributed by atoms with Gasteiger partial charge < -0.3 is 10.6 Å². The van der Waals surface area contributed by atoms with Gasteiger partial charge in [-0.2, -0.15) is 0 Å². The zero-order valence-electron chi connectivity index (χ0n) is 11.9. The molecule has 0 spiro atoms. The van der Waals surface area contributed by atoms with Crippen molar-refractivity contribution in [3.63, 3.8) is 0 Å². The molecule has 1 aromatic carbocycles. The highest BCUT2D eigenvalue weighted by atomic mass is 79.9. The number of rotatable bonds is 6. The van der Waals surface area contributed by atoms with Crippen LogP contribution in [0.4, 0.5) is 0 Å². The standard InChI is InChI=1S/C15H25BrN2/c1-5-15(6-2,18(3)4)14(17)11-12-8-7-9-13(16)10-12/h7-10,14H,5-6,11,17H2,1-4H3. The van der Waals surface area contributed by atoms with Gasteiger partial charge in [0.1, 0.15) is 0 Å². The van der Waals surface area contributed by atoms with Crippen molar-refractivity contribution in [3.8, 4) is 0 Å². The second kappa shape index (κ2) is 6.69. The van der Waals surface area contributed by atoms with Crippen molar-refractivity contribution in [2.75, 3.05) is 14.1 Å². The lowest BCUT2D eigenvalue weighted by atomic mass is 9.81. The first-order chi connectivity index (χ1) is 8.46. The molecule has 102 valence electrons. The summed E-state index contributed by atoms with van der Waals surface area (Å²) in [6.07, 6.45) is 3.07. The van der Waals surface area contributed by atoms with Crippen LogP contribution in [0.15, 0.2) is 28.7 Å². The van der Waals surface area contributed by atoms with Gasteiger partial charge in [-0.1, -0.05) is 41.9 Å². The molecule has 0 aliphatic heterocycles. The molecule has 0 bridgehead atoms. The highest BCUT2D eigenvalue weighted by Gasteiger charge is 2.35. The van der Waals surface area contributed by atoms with Crippen molar-refractivity contribution in [1.29, 1.82) is 0 Å². The summed E-state index contributed by atoms with van der Waals surface area (Å²) in [7, 11) is 4.27. The smallest absolute Gasteiger partial charge is 0.0352 e. The molecule has 18 heavy (non-hydrogen) atoms. The lowest BCUT2D eigenvalue weighted by Gasteiger charge is -2.43. The number of hydrogen-bond acceptors (Lipinski definition) is 2. The normalized spacial score (nSPS) is 13.9. The van der Waals surface area contributed by atoms with Gasteiger partial charge in [0.15, 0.2) is 0 Å². The summed E-state index contributed by atoms with van der Waals surface area (Å²) in [6, 6.07) is 8.58. The van der Waals surface area contributed by atoms with Gasteiger partial charge in [-0.05, 0) is 51.1 Å². The molecule has 3 heteroatoms. The molecule has 0 radical (unpaired) electrons. The van der Waals surface area contributed by atoms with E-state index in [0.29, 0.717) is 0 Å². The zero-order valence-corrected chi connectivity index (χ0v) is 13.5. The van der Waals surface area contributed by atoms with E-state index in [1.807, 2.05) is 6.07 Å². The molecule has 0 amide bonds. The van der Waals surface area contributed by atoms with Gasteiger partial charge in [-0.3, -0.25) is 0 Å². The number of benzene rings is 1. The van der Waals surface area contributed by atoms with Crippen LogP contribution in [-0.2, 0) is 6.42 Å². The molecular formula is C15H25BrN2. The molecule has 0 aliphatic rings. The fourth-order valence-electron chi connectivity index (χ4n) is 2.85. The Hall–Kier alpha value is -0.380. The van der Waals surface area contributed by atoms with E-state index in [9.17, 15) is 0 Å². The minimum absolute atomic E-state index is 0.0856. The molecule has 1 rings (SSSR count). The Labute approximate surface area is 120 Å². The van der Waals surface area contributed by atoms with Gasteiger partial charge in [0.25, 0.3) is 0 Å². The Balaban J connectivity index is 2.88. The quantitative estimate of drug-likeness (QED) is 0.872. The molecule has 1 unspecified atom stereocenters. The average Bonchev–Trinajstić information content (AvgIpc) is 2.30. The number of likely N-dealkylation sites (N-methyl/N-ethyl adjacent to an activating group) is 1. The number of nitrogens with two attached hydrogens (primary N) is 1. The van der Waals surface area contributed by atoms with E-state index in [2.05, 4.69) is 67.0 Å². The van der Waals surface area contributed by atoms with Crippen molar-refractivity contribution >= 4 is 15.9 Å². The highest BCUT2D eigenvalue weighted by molar-refractivity contribution is 9.10. The second-order valence-corrected chi connectivity index (χ2v) is 6.06. The van der Waals surface area contributed by atoms with E-state index >= 15 is 0 Å². The molecule has 0 saturated carbocycles. The van der Waals surface area contributed by atoms with Crippen LogP contribution >= 0.6 is 15.9 Å². The van der Waals surface area contributed by atoms with Crippen LogP contribution in [0.1, 0.15) is 32.3 Å². The first-order valence-electron chi connectivity index (χ1n) is 6.63. The molecule has 0 aliphatic carbocycles. The molecule has 1 aromatic rings. The van der Waals surface area contributed by atoms with Crippen molar-refractivity contribution in [1.82, 2.24) is 4.90 Å². The van der Waals surface area contributed by atoms with E-state index in [1.165, 1.54) is 5.56 Å². The largest absolute Gasteiger partial charge is 0.326 e. The Morgan fingerprint density at radius 1 is 1.28 bits per heavy atom. The van der Waals surface area contributed by atoms with E-state index in [1.54, 1.807) is 0 Å². The highest BCUT2D eigenvalue weighted by Crippen LogP contribution is 2.27. The van der Waals surface area contributed by atoms with Gasteiger partial charge >= 0.3 is 0 Å². The Morgan fingerprint density at radius 3 is 2.33 bits per heavy atom. The third-order valence-corrected chi connectivity index (χ3v) is 4.64. The van der Waals surface area contributed by atoms with Crippen LogP contribution in [0.5, 0.6) is 0 Å². The maximum atomic E-state index is 6.50. The third-order valence-electron chi connectivity index (χ3n) is 4.15. The molecule has 0 fully saturated rings. The van der Waals surface area contributed by atoms with Gasteiger partial charge in [-0.25, -0.2) is 0 Å². The number of nitrogens with zero attached hydrogens (tertiary/aromatic N) is 1. The van der Waals surface area contributed by atoms with Crippen molar-refractivity contribution < 1.29 is 0 Å². The molecular weight excluding hydrogens is 288 g/mol. The van der Waals surface area contributed by atoms with Gasteiger partial charge in [0, 0.05) is 16.1 Å². The van der Waals surface area contributed by atoms with Crippen LogP contribution in [0, 0.1) is 0 Å². The second-order valence-electron chi connectivity index (χ2n) is 5.15. The fourth-order valence-corrected chi connectivity index (χ4v) is 3.29. The van der Waals surface area contributed by atoms with Gasteiger partial charge in [-0.15, -0.1) is 0 Å². The minimum Gasteiger partial charge on any atom is -0.326 e. The van der Waals surface area contributed by atoms with E-state index in [0.717, 1.165) is 23.7 Å². The molecule has 0 aromatic heterocycles. The summed E-state index contributed by atoms with van der Waals surface area (Å²) in [5, 5.41) is 0. The fraction of sp³-hybridized carbons (Fsp3) is 0.600. The van der Waals surface area contributed by atoms with Crippen LogP contribution in [0.3, 0.4) is 0 Å². The van der Waals surface area contributed by atoms with Crippen molar-refractivity contribution in [3.05, 3.63) is 34.3 Å². The van der Waals surface area contributed by atoms with Gasteiger partial charge in [0.05, 0.1) is 0 Å². The SMILES string of the molecule is CCC(CC)(C(N)Cc1cccc(Br)c1)N(C)C. The summed E-state index contributed by atoms with van der Waals surface area (Å²) in [6.45, 7) is 4.45. The van der Waals surface area contributed by atoms with E-state index in [4.69, 9.17) is 5.73 Å². The topological polar surface area (TPSA) is 29.3 Å². The zero-order chi connectivity index (χ0) is 13.8. The van der Waals surface area contributed by atoms with Crippen LogP contribution < -0.4 is 5.73 Å². The molecule has 0 heterocycles. The van der Waals surface area contributed by atoms with Crippen molar-refractivity contribution in [2.24, 2.45) is 5.73 Å². The molecule has 2 nitrogen and oxygen atoms in total. The predicted octanol–water partition coefficient (Wildman–Crippen LogP) is 3.44. The van der Waals surface area contributed by atoms with Crippen LogP contribution in [-0.4, -0.2) is 30.6 Å². The van der Waals surface area contributed by atoms with E-state index < -0.39 is 0 Å².